The molecule has 0 saturated heterocycles. The molecule has 0 aliphatic carbocycles. The number of hydrogen-bond donors (Lipinski definition) is 1. The summed E-state index contributed by atoms with van der Waals surface area (Å²) in [6, 6.07) is 4.21. The highest BCUT2D eigenvalue weighted by atomic mass is 32.2. The minimum atomic E-state index is -4.39. The molecule has 5 heteroatoms. The van der Waals surface area contributed by atoms with Crippen molar-refractivity contribution < 1.29 is 13.0 Å². The van der Waals surface area contributed by atoms with Crippen molar-refractivity contribution in [3.8, 4) is 0 Å². The van der Waals surface area contributed by atoms with Crippen molar-refractivity contribution >= 4 is 15.8 Å². The lowest BCUT2D eigenvalue weighted by molar-refractivity contribution is 0.462. The molecular weight excluding hydrogens is 178 g/mol. The van der Waals surface area contributed by atoms with Gasteiger partial charge >= 0.3 is 0 Å². The van der Waals surface area contributed by atoms with Gasteiger partial charge in [-0.2, -0.15) is 0 Å². The van der Waals surface area contributed by atoms with E-state index in [4.69, 9.17) is 5.73 Å². The maximum absolute atomic E-state index is 10.6. The van der Waals surface area contributed by atoms with Crippen LogP contribution >= 0.6 is 0 Å². The van der Waals surface area contributed by atoms with Crippen LogP contribution < -0.4 is 5.73 Å². The van der Waals surface area contributed by atoms with Gasteiger partial charge in [-0.25, -0.2) is 8.42 Å². The zero-order valence-corrected chi connectivity index (χ0v) is 7.26. The maximum atomic E-state index is 10.6. The summed E-state index contributed by atoms with van der Waals surface area (Å²) in [5, 5.41) is 0. The van der Waals surface area contributed by atoms with Crippen molar-refractivity contribution in [2.24, 2.45) is 0 Å². The number of nitrogen functional groups attached to an aromatic ring is 1. The van der Waals surface area contributed by atoms with Crippen LogP contribution in [-0.2, 0) is 10.1 Å². The zero-order valence-electron chi connectivity index (χ0n) is 6.44. The molecule has 0 spiro atoms. The third kappa shape index (κ3) is 1.75. The van der Waals surface area contributed by atoms with Gasteiger partial charge in [0.25, 0.3) is 0 Å². The summed E-state index contributed by atoms with van der Waals surface area (Å²) in [4.78, 5) is -0.248. The molecule has 0 amide bonds. The van der Waals surface area contributed by atoms with Gasteiger partial charge in [0.15, 0.2) is 0 Å². The van der Waals surface area contributed by atoms with Crippen LogP contribution in [0, 0.1) is 6.92 Å². The van der Waals surface area contributed by atoms with Crippen molar-refractivity contribution in [2.75, 3.05) is 5.73 Å². The fourth-order valence-corrected chi connectivity index (χ4v) is 1.63. The van der Waals surface area contributed by atoms with E-state index in [9.17, 15) is 13.0 Å². The monoisotopic (exact) mass is 186 g/mol. The Kier molecular flexibility index (Phi) is 2.08. The first kappa shape index (κ1) is 9.02. The summed E-state index contributed by atoms with van der Waals surface area (Å²) in [5.41, 5.74) is 6.01. The fourth-order valence-electron chi connectivity index (χ4n) is 0.886. The predicted molar refractivity (Wildman–Crippen MR) is 43.6 cm³/mol. The summed E-state index contributed by atoms with van der Waals surface area (Å²) in [5.74, 6) is 0. The summed E-state index contributed by atoms with van der Waals surface area (Å²) in [6.45, 7) is 1.55. The average molecular weight is 186 g/mol. The summed E-state index contributed by atoms with van der Waals surface area (Å²) >= 11 is 0. The van der Waals surface area contributed by atoms with E-state index in [1.807, 2.05) is 0 Å². The molecular formula is C7H8NO3S-. The first-order valence-corrected chi connectivity index (χ1v) is 4.64. The van der Waals surface area contributed by atoms with E-state index in [1.54, 1.807) is 13.0 Å². The highest BCUT2D eigenvalue weighted by Crippen LogP contribution is 2.17. The molecule has 1 rings (SSSR count). The minimum Gasteiger partial charge on any atom is -0.744 e. The second kappa shape index (κ2) is 2.76. The zero-order chi connectivity index (χ0) is 9.35. The van der Waals surface area contributed by atoms with Crippen LogP contribution in [0.3, 0.4) is 0 Å². The van der Waals surface area contributed by atoms with Crippen molar-refractivity contribution in [2.45, 2.75) is 11.8 Å². The van der Waals surface area contributed by atoms with E-state index in [0.717, 1.165) is 6.07 Å². The first-order chi connectivity index (χ1) is 5.41. The third-order valence-electron chi connectivity index (χ3n) is 1.48. The summed E-state index contributed by atoms with van der Waals surface area (Å²) < 4.78 is 31.8. The van der Waals surface area contributed by atoms with E-state index in [-0.39, 0.29) is 10.6 Å². The second-order valence-electron chi connectivity index (χ2n) is 2.48. The molecule has 0 aliphatic rings. The van der Waals surface area contributed by atoms with E-state index in [2.05, 4.69) is 0 Å². The third-order valence-corrected chi connectivity index (χ3v) is 2.46. The normalized spacial score (nSPS) is 11.5. The van der Waals surface area contributed by atoms with Crippen LogP contribution in [0.25, 0.3) is 0 Å². The van der Waals surface area contributed by atoms with Gasteiger partial charge in [-0.3, -0.25) is 0 Å². The van der Waals surface area contributed by atoms with Crippen molar-refractivity contribution in [3.63, 3.8) is 0 Å². The number of nitrogens with two attached hydrogens (primary N) is 1. The van der Waals surface area contributed by atoms with Gasteiger partial charge in [-0.05, 0) is 24.6 Å². The quantitative estimate of drug-likeness (QED) is 0.510. The van der Waals surface area contributed by atoms with Crippen LogP contribution in [0.4, 0.5) is 5.69 Å². The molecule has 4 nitrogen and oxygen atoms in total. The molecule has 0 fully saturated rings. The Hall–Kier alpha value is -1.07. The molecule has 2 N–H and O–H groups in total. The Balaban J connectivity index is 3.43. The minimum absolute atomic E-state index is 0.248. The molecule has 66 valence electrons. The van der Waals surface area contributed by atoms with Gasteiger partial charge in [0.05, 0.1) is 4.90 Å². The van der Waals surface area contributed by atoms with Gasteiger partial charge in [-0.1, -0.05) is 6.07 Å². The van der Waals surface area contributed by atoms with E-state index < -0.39 is 10.1 Å². The largest absolute Gasteiger partial charge is 0.744 e. The van der Waals surface area contributed by atoms with Crippen LogP contribution in [0.5, 0.6) is 0 Å². The Morgan fingerprint density at radius 1 is 1.42 bits per heavy atom. The van der Waals surface area contributed by atoms with Gasteiger partial charge in [0.1, 0.15) is 10.1 Å². The molecule has 0 bridgehead atoms. The summed E-state index contributed by atoms with van der Waals surface area (Å²) in [6.07, 6.45) is 0. The van der Waals surface area contributed by atoms with E-state index in [0.29, 0.717) is 5.56 Å². The molecule has 0 atom stereocenters. The number of hydrogen-bond acceptors (Lipinski definition) is 4. The molecule has 0 unspecified atom stereocenters. The highest BCUT2D eigenvalue weighted by molar-refractivity contribution is 7.85. The van der Waals surface area contributed by atoms with Crippen LogP contribution in [0.2, 0.25) is 0 Å². The van der Waals surface area contributed by atoms with Crippen LogP contribution in [-0.4, -0.2) is 13.0 Å². The van der Waals surface area contributed by atoms with Gasteiger partial charge in [0, 0.05) is 5.69 Å². The van der Waals surface area contributed by atoms with Gasteiger partial charge in [0.2, 0.25) is 0 Å². The Bertz CT molecular complexity index is 397. The van der Waals surface area contributed by atoms with Crippen molar-refractivity contribution in [1.82, 2.24) is 0 Å². The Morgan fingerprint density at radius 2 is 2.00 bits per heavy atom. The fraction of sp³-hybridized carbons (Fsp3) is 0.143. The van der Waals surface area contributed by atoms with Crippen LogP contribution in [0.1, 0.15) is 5.56 Å². The number of rotatable bonds is 1. The SMILES string of the molecule is Cc1ccc(N)cc1S(=O)(=O)[O-]. The smallest absolute Gasteiger partial charge is 0.124 e. The summed E-state index contributed by atoms with van der Waals surface area (Å²) in [7, 11) is -4.39. The molecule has 1 aromatic rings. The number of aryl methyl sites for hydroxylation is 1. The van der Waals surface area contributed by atoms with E-state index in [1.165, 1.54) is 6.07 Å². The molecule has 0 heterocycles. The first-order valence-electron chi connectivity index (χ1n) is 3.23. The standard InChI is InChI=1S/C7H9NO3S/c1-5-2-3-6(8)4-7(5)12(9,10)11/h2-4H,8H2,1H3,(H,9,10,11)/p-1. The molecule has 1 aromatic carbocycles. The second-order valence-corrected chi connectivity index (χ2v) is 3.83. The van der Waals surface area contributed by atoms with Gasteiger partial charge in [-0.15, -0.1) is 0 Å². The van der Waals surface area contributed by atoms with Gasteiger partial charge < -0.3 is 10.3 Å². The predicted octanol–water partition coefficient (Wildman–Crippen LogP) is 0.481. The Morgan fingerprint density at radius 3 is 2.42 bits per heavy atom. The molecule has 0 aliphatic heterocycles. The lowest BCUT2D eigenvalue weighted by Crippen LogP contribution is -2.02. The topological polar surface area (TPSA) is 83.2 Å². The molecule has 12 heavy (non-hydrogen) atoms. The molecule has 0 saturated carbocycles. The number of benzene rings is 1. The Labute approximate surface area is 70.8 Å². The average Bonchev–Trinajstić information content (AvgIpc) is 1.92. The lowest BCUT2D eigenvalue weighted by Gasteiger charge is -2.10. The van der Waals surface area contributed by atoms with Crippen molar-refractivity contribution in [3.05, 3.63) is 23.8 Å². The van der Waals surface area contributed by atoms with E-state index >= 15 is 0 Å². The van der Waals surface area contributed by atoms with Crippen LogP contribution in [0.15, 0.2) is 23.1 Å². The maximum Gasteiger partial charge on any atom is 0.124 e. The highest BCUT2D eigenvalue weighted by Gasteiger charge is 2.04. The molecule has 0 aromatic heterocycles. The lowest BCUT2D eigenvalue weighted by atomic mass is 10.2. The number of anilines is 1. The van der Waals surface area contributed by atoms with Crippen molar-refractivity contribution in [1.29, 1.82) is 0 Å². The molecule has 0 radical (unpaired) electrons.